The molecule has 0 spiro atoms. The summed E-state index contributed by atoms with van der Waals surface area (Å²) >= 11 is 0. The molecule has 0 fully saturated rings. The zero-order valence-corrected chi connectivity index (χ0v) is 13.3. The quantitative estimate of drug-likeness (QED) is 0.662. The highest BCUT2D eigenvalue weighted by molar-refractivity contribution is 5.96. The zero-order chi connectivity index (χ0) is 14.6. The van der Waals surface area contributed by atoms with E-state index in [1.165, 1.54) is 5.56 Å². The molecular weight excluding hydrogens is 232 g/mol. The molecule has 19 heavy (non-hydrogen) atoms. The van der Waals surface area contributed by atoms with Crippen molar-refractivity contribution in [3.8, 4) is 0 Å². The predicted molar refractivity (Wildman–Crippen MR) is 82.7 cm³/mol. The maximum Gasteiger partial charge on any atom is 0.163 e. The van der Waals surface area contributed by atoms with Gasteiger partial charge in [0, 0.05) is 12.0 Å². The molecule has 0 saturated carbocycles. The monoisotopic (exact) mass is 260 g/mol. The number of ketones is 1. The third kappa shape index (κ3) is 5.18. The van der Waals surface area contributed by atoms with Gasteiger partial charge in [-0.3, -0.25) is 4.79 Å². The maximum atomic E-state index is 12.2. The number of hydrogen-bond acceptors (Lipinski definition) is 1. The van der Waals surface area contributed by atoms with Crippen molar-refractivity contribution in [2.45, 2.75) is 59.8 Å². The smallest absolute Gasteiger partial charge is 0.163 e. The average molecular weight is 260 g/mol. The van der Waals surface area contributed by atoms with Gasteiger partial charge in [-0.15, -0.1) is 0 Å². The van der Waals surface area contributed by atoms with Crippen LogP contribution in [-0.2, 0) is 5.41 Å². The predicted octanol–water partition coefficient (Wildman–Crippen LogP) is 5.24. The van der Waals surface area contributed by atoms with Crippen molar-refractivity contribution in [1.82, 2.24) is 0 Å². The van der Waals surface area contributed by atoms with Gasteiger partial charge in [0.15, 0.2) is 5.78 Å². The van der Waals surface area contributed by atoms with Crippen LogP contribution in [0.4, 0.5) is 0 Å². The molecule has 0 radical (unpaired) electrons. The Hall–Kier alpha value is -1.11. The van der Waals surface area contributed by atoms with Crippen LogP contribution in [0.2, 0.25) is 0 Å². The molecule has 1 aromatic rings. The lowest BCUT2D eigenvalue weighted by molar-refractivity contribution is 0.0960. The molecule has 1 unspecified atom stereocenters. The number of carbonyl (C=O) groups is 1. The largest absolute Gasteiger partial charge is 0.294 e. The minimum atomic E-state index is 0.145. The van der Waals surface area contributed by atoms with Crippen molar-refractivity contribution in [2.75, 3.05) is 0 Å². The summed E-state index contributed by atoms with van der Waals surface area (Å²) in [5, 5.41) is 0. The molecule has 106 valence electrons. The fraction of sp³-hybridized carbons (Fsp3) is 0.611. The fourth-order valence-electron chi connectivity index (χ4n) is 2.48. The Labute approximate surface area is 118 Å². The van der Waals surface area contributed by atoms with E-state index in [0.29, 0.717) is 18.3 Å². The summed E-state index contributed by atoms with van der Waals surface area (Å²) in [6, 6.07) is 8.12. The van der Waals surface area contributed by atoms with Gasteiger partial charge in [-0.1, -0.05) is 65.8 Å². The molecular formula is C18H28O. The molecule has 1 aromatic carbocycles. The SMILES string of the molecule is CC(C)CC(C)CC(=O)c1ccc(C(C)(C)C)cc1. The Bertz CT molecular complexity index is 406. The van der Waals surface area contributed by atoms with E-state index in [2.05, 4.69) is 53.7 Å². The first-order chi connectivity index (χ1) is 8.70. The highest BCUT2D eigenvalue weighted by Crippen LogP contribution is 2.23. The number of carbonyl (C=O) groups excluding carboxylic acids is 1. The molecule has 1 nitrogen and oxygen atoms in total. The summed E-state index contributed by atoms with van der Waals surface area (Å²) < 4.78 is 0. The van der Waals surface area contributed by atoms with Gasteiger partial charge in [0.2, 0.25) is 0 Å². The van der Waals surface area contributed by atoms with Gasteiger partial charge in [-0.05, 0) is 29.2 Å². The number of benzene rings is 1. The van der Waals surface area contributed by atoms with Gasteiger partial charge in [0.25, 0.3) is 0 Å². The first-order valence-corrected chi connectivity index (χ1v) is 7.34. The standard InChI is InChI=1S/C18H28O/c1-13(2)11-14(3)12-17(19)15-7-9-16(10-8-15)18(4,5)6/h7-10,13-14H,11-12H2,1-6H3. The topological polar surface area (TPSA) is 17.1 Å². The summed E-state index contributed by atoms with van der Waals surface area (Å²) in [6.45, 7) is 13.2. The average Bonchev–Trinajstić information content (AvgIpc) is 2.26. The molecule has 0 N–H and O–H groups in total. The van der Waals surface area contributed by atoms with Crippen LogP contribution in [0.3, 0.4) is 0 Å². The molecule has 0 saturated heterocycles. The van der Waals surface area contributed by atoms with Crippen LogP contribution in [0.1, 0.15) is 70.3 Å². The lowest BCUT2D eigenvalue weighted by Crippen LogP contribution is -2.12. The van der Waals surface area contributed by atoms with Crippen LogP contribution < -0.4 is 0 Å². The molecule has 0 amide bonds. The van der Waals surface area contributed by atoms with Crippen molar-refractivity contribution >= 4 is 5.78 Å². The third-order valence-corrected chi connectivity index (χ3v) is 3.48. The van der Waals surface area contributed by atoms with Gasteiger partial charge in [-0.25, -0.2) is 0 Å². The van der Waals surface area contributed by atoms with Crippen molar-refractivity contribution in [3.63, 3.8) is 0 Å². The molecule has 0 heterocycles. The summed E-state index contributed by atoms with van der Waals surface area (Å²) in [6.07, 6.45) is 1.78. The van der Waals surface area contributed by atoms with Gasteiger partial charge < -0.3 is 0 Å². The lowest BCUT2D eigenvalue weighted by atomic mass is 9.86. The third-order valence-electron chi connectivity index (χ3n) is 3.48. The summed E-state index contributed by atoms with van der Waals surface area (Å²) in [4.78, 5) is 12.2. The molecule has 0 bridgehead atoms. The van der Waals surface area contributed by atoms with Crippen LogP contribution in [0.25, 0.3) is 0 Å². The molecule has 0 aliphatic heterocycles. The lowest BCUT2D eigenvalue weighted by Gasteiger charge is -2.19. The molecule has 1 rings (SSSR count). The Balaban J connectivity index is 2.68. The van der Waals surface area contributed by atoms with E-state index >= 15 is 0 Å². The number of Topliss-reactive ketones (excluding diaryl/α,β-unsaturated/α-hetero) is 1. The summed E-state index contributed by atoms with van der Waals surface area (Å²) in [7, 11) is 0. The number of rotatable bonds is 5. The second-order valence-corrected chi connectivity index (χ2v) is 7.19. The minimum absolute atomic E-state index is 0.145. The summed E-state index contributed by atoms with van der Waals surface area (Å²) in [5.74, 6) is 1.40. The fourth-order valence-corrected chi connectivity index (χ4v) is 2.48. The van der Waals surface area contributed by atoms with E-state index in [9.17, 15) is 4.79 Å². The first-order valence-electron chi connectivity index (χ1n) is 7.34. The number of hydrogen-bond donors (Lipinski definition) is 0. The van der Waals surface area contributed by atoms with E-state index in [0.717, 1.165) is 12.0 Å². The Kier molecular flexibility index (Phi) is 5.34. The van der Waals surface area contributed by atoms with E-state index in [-0.39, 0.29) is 11.2 Å². The normalized spacial score (nSPS) is 13.6. The Morgan fingerprint density at radius 2 is 1.58 bits per heavy atom. The van der Waals surface area contributed by atoms with Crippen LogP contribution >= 0.6 is 0 Å². The second kappa shape index (κ2) is 6.36. The van der Waals surface area contributed by atoms with E-state index in [4.69, 9.17) is 0 Å². The van der Waals surface area contributed by atoms with Gasteiger partial charge >= 0.3 is 0 Å². The highest BCUT2D eigenvalue weighted by Gasteiger charge is 2.16. The Morgan fingerprint density at radius 1 is 1.05 bits per heavy atom. The molecule has 0 aliphatic carbocycles. The van der Waals surface area contributed by atoms with Crippen molar-refractivity contribution in [3.05, 3.63) is 35.4 Å². The van der Waals surface area contributed by atoms with Crippen molar-refractivity contribution in [2.24, 2.45) is 11.8 Å². The van der Waals surface area contributed by atoms with Gasteiger partial charge in [0.1, 0.15) is 0 Å². The van der Waals surface area contributed by atoms with Gasteiger partial charge in [0.05, 0.1) is 0 Å². The highest BCUT2D eigenvalue weighted by atomic mass is 16.1. The molecule has 0 aromatic heterocycles. The minimum Gasteiger partial charge on any atom is -0.294 e. The maximum absolute atomic E-state index is 12.2. The van der Waals surface area contributed by atoms with E-state index < -0.39 is 0 Å². The zero-order valence-electron chi connectivity index (χ0n) is 13.3. The van der Waals surface area contributed by atoms with E-state index in [1.54, 1.807) is 0 Å². The van der Waals surface area contributed by atoms with E-state index in [1.807, 2.05) is 12.1 Å². The van der Waals surface area contributed by atoms with Crippen LogP contribution in [0.5, 0.6) is 0 Å². The molecule has 1 heteroatoms. The van der Waals surface area contributed by atoms with Crippen LogP contribution in [0.15, 0.2) is 24.3 Å². The van der Waals surface area contributed by atoms with Crippen molar-refractivity contribution < 1.29 is 4.79 Å². The Morgan fingerprint density at radius 3 is 2.00 bits per heavy atom. The van der Waals surface area contributed by atoms with Crippen LogP contribution in [-0.4, -0.2) is 5.78 Å². The van der Waals surface area contributed by atoms with Crippen molar-refractivity contribution in [1.29, 1.82) is 0 Å². The first kappa shape index (κ1) is 15.9. The van der Waals surface area contributed by atoms with Gasteiger partial charge in [-0.2, -0.15) is 0 Å². The molecule has 1 atom stereocenters. The van der Waals surface area contributed by atoms with Crippen LogP contribution in [0, 0.1) is 11.8 Å². The second-order valence-electron chi connectivity index (χ2n) is 7.19. The summed E-state index contributed by atoms with van der Waals surface area (Å²) in [5.41, 5.74) is 2.27. The molecule has 0 aliphatic rings.